The summed E-state index contributed by atoms with van der Waals surface area (Å²) in [5.74, 6) is -1.78. The van der Waals surface area contributed by atoms with E-state index in [1.807, 2.05) is 0 Å². The van der Waals surface area contributed by atoms with Crippen molar-refractivity contribution in [3.05, 3.63) is 52.4 Å². The Kier molecular flexibility index (Phi) is 3.77. The van der Waals surface area contributed by atoms with Gasteiger partial charge in [-0.1, -0.05) is 15.9 Å². The second-order valence-corrected chi connectivity index (χ2v) is 6.69. The van der Waals surface area contributed by atoms with Crippen LogP contribution in [0.5, 0.6) is 0 Å². The highest BCUT2D eigenvalue weighted by Gasteiger charge is 2.18. The number of halogens is 1. The first-order valence-corrected chi connectivity index (χ1v) is 7.63. The van der Waals surface area contributed by atoms with Gasteiger partial charge in [0.2, 0.25) is 5.76 Å². The van der Waals surface area contributed by atoms with Gasteiger partial charge in [-0.15, -0.1) is 0 Å². The Labute approximate surface area is 117 Å². The van der Waals surface area contributed by atoms with E-state index in [2.05, 4.69) is 15.9 Å². The van der Waals surface area contributed by atoms with Gasteiger partial charge in [-0.2, -0.15) is 0 Å². The van der Waals surface area contributed by atoms with E-state index in [4.69, 9.17) is 9.52 Å². The predicted molar refractivity (Wildman–Crippen MR) is 70.7 cm³/mol. The number of carbonyl (C=O) groups is 1. The Morgan fingerprint density at radius 2 is 1.79 bits per heavy atom. The van der Waals surface area contributed by atoms with Gasteiger partial charge in [-0.25, -0.2) is 13.2 Å². The zero-order chi connectivity index (χ0) is 14.0. The predicted octanol–water partition coefficient (Wildman–Crippen LogP) is 2.71. The lowest BCUT2D eigenvalue weighted by atomic mass is 10.4. The van der Waals surface area contributed by atoms with Gasteiger partial charge in [-0.05, 0) is 36.4 Å². The molecule has 7 heteroatoms. The van der Waals surface area contributed by atoms with Crippen LogP contribution < -0.4 is 0 Å². The Hall–Kier alpha value is -1.60. The van der Waals surface area contributed by atoms with Crippen LogP contribution in [0.3, 0.4) is 0 Å². The maximum absolute atomic E-state index is 12.1. The van der Waals surface area contributed by atoms with Crippen molar-refractivity contribution in [1.82, 2.24) is 0 Å². The van der Waals surface area contributed by atoms with Crippen LogP contribution in [-0.4, -0.2) is 19.5 Å². The Morgan fingerprint density at radius 3 is 2.32 bits per heavy atom. The first-order valence-electron chi connectivity index (χ1n) is 5.19. The molecule has 1 aromatic carbocycles. The Balaban J connectivity index is 2.25. The molecule has 0 spiro atoms. The molecule has 0 atom stereocenters. The van der Waals surface area contributed by atoms with Crippen LogP contribution in [0.4, 0.5) is 0 Å². The molecule has 0 fully saturated rings. The van der Waals surface area contributed by atoms with Crippen molar-refractivity contribution in [1.29, 1.82) is 0 Å². The molecule has 2 aromatic rings. The molecule has 100 valence electrons. The number of carboxylic acid groups (broad SMARTS) is 1. The number of hydrogen-bond donors (Lipinski definition) is 1. The zero-order valence-electron chi connectivity index (χ0n) is 9.54. The van der Waals surface area contributed by atoms with E-state index < -0.39 is 15.8 Å². The fraction of sp³-hybridized carbons (Fsp3) is 0.0833. The van der Waals surface area contributed by atoms with Gasteiger partial charge in [0.1, 0.15) is 11.5 Å². The van der Waals surface area contributed by atoms with Crippen molar-refractivity contribution in [3.63, 3.8) is 0 Å². The minimum atomic E-state index is -3.55. The van der Waals surface area contributed by atoms with Crippen LogP contribution in [0.25, 0.3) is 0 Å². The van der Waals surface area contributed by atoms with Crippen molar-refractivity contribution < 1.29 is 22.7 Å². The van der Waals surface area contributed by atoms with Gasteiger partial charge in [0, 0.05) is 4.47 Å². The molecule has 19 heavy (non-hydrogen) atoms. The van der Waals surface area contributed by atoms with Crippen molar-refractivity contribution in [3.8, 4) is 0 Å². The van der Waals surface area contributed by atoms with E-state index in [0.717, 1.165) is 4.47 Å². The van der Waals surface area contributed by atoms with Crippen molar-refractivity contribution in [2.45, 2.75) is 10.6 Å². The third-order valence-electron chi connectivity index (χ3n) is 2.38. The summed E-state index contributed by atoms with van der Waals surface area (Å²) in [6.45, 7) is 0. The van der Waals surface area contributed by atoms with Crippen LogP contribution in [-0.2, 0) is 15.6 Å². The summed E-state index contributed by atoms with van der Waals surface area (Å²) >= 11 is 3.22. The van der Waals surface area contributed by atoms with Gasteiger partial charge in [0.15, 0.2) is 9.84 Å². The molecule has 0 aliphatic rings. The molecule has 5 nitrogen and oxygen atoms in total. The lowest BCUT2D eigenvalue weighted by Crippen LogP contribution is -2.04. The number of rotatable bonds is 4. The second-order valence-electron chi connectivity index (χ2n) is 3.78. The van der Waals surface area contributed by atoms with Crippen molar-refractivity contribution in [2.24, 2.45) is 0 Å². The highest BCUT2D eigenvalue weighted by molar-refractivity contribution is 9.10. The third kappa shape index (κ3) is 3.24. The quantitative estimate of drug-likeness (QED) is 0.921. The van der Waals surface area contributed by atoms with E-state index in [1.54, 1.807) is 12.1 Å². The average Bonchev–Trinajstić information content (AvgIpc) is 2.77. The third-order valence-corrected chi connectivity index (χ3v) is 4.56. The summed E-state index contributed by atoms with van der Waals surface area (Å²) in [6, 6.07) is 8.77. The topological polar surface area (TPSA) is 84.6 Å². The number of furan rings is 1. The number of hydrogen-bond acceptors (Lipinski definition) is 4. The van der Waals surface area contributed by atoms with E-state index in [1.165, 1.54) is 24.3 Å². The van der Waals surface area contributed by atoms with Gasteiger partial charge in [0.25, 0.3) is 0 Å². The lowest BCUT2D eigenvalue weighted by Gasteiger charge is -2.02. The average molecular weight is 345 g/mol. The summed E-state index contributed by atoms with van der Waals surface area (Å²) in [7, 11) is -3.55. The molecule has 1 aromatic heterocycles. The summed E-state index contributed by atoms with van der Waals surface area (Å²) < 4.78 is 29.9. The molecule has 1 N–H and O–H groups in total. The van der Waals surface area contributed by atoms with Crippen LogP contribution in [0.2, 0.25) is 0 Å². The molecule has 2 rings (SSSR count). The number of carboxylic acids is 1. The van der Waals surface area contributed by atoms with Crippen molar-refractivity contribution >= 4 is 31.7 Å². The summed E-state index contributed by atoms with van der Waals surface area (Å²) in [5.41, 5.74) is 0. The highest BCUT2D eigenvalue weighted by Crippen LogP contribution is 2.20. The maximum atomic E-state index is 12.1. The summed E-state index contributed by atoms with van der Waals surface area (Å²) in [6.07, 6.45) is 0. The standard InChI is InChI=1S/C12H9BrO5S/c13-8-1-4-10(5-2-8)19(16,17)7-9-3-6-11(18-9)12(14)15/h1-6H,7H2,(H,14,15). The number of aromatic carboxylic acids is 1. The van der Waals surface area contributed by atoms with Gasteiger partial charge < -0.3 is 9.52 Å². The molecule has 0 aliphatic carbocycles. The van der Waals surface area contributed by atoms with E-state index in [-0.39, 0.29) is 22.2 Å². The lowest BCUT2D eigenvalue weighted by molar-refractivity contribution is 0.0660. The van der Waals surface area contributed by atoms with Crippen LogP contribution >= 0.6 is 15.9 Å². The Morgan fingerprint density at radius 1 is 1.16 bits per heavy atom. The van der Waals surface area contributed by atoms with E-state index >= 15 is 0 Å². The van der Waals surface area contributed by atoms with Crippen molar-refractivity contribution in [2.75, 3.05) is 0 Å². The van der Waals surface area contributed by atoms with Gasteiger partial charge in [0.05, 0.1) is 4.90 Å². The highest BCUT2D eigenvalue weighted by atomic mass is 79.9. The maximum Gasteiger partial charge on any atom is 0.371 e. The molecular weight excluding hydrogens is 336 g/mol. The minimum Gasteiger partial charge on any atom is -0.475 e. The summed E-state index contributed by atoms with van der Waals surface area (Å²) in [5, 5.41) is 8.70. The SMILES string of the molecule is O=C(O)c1ccc(CS(=O)(=O)c2ccc(Br)cc2)o1. The number of benzene rings is 1. The minimum absolute atomic E-state index is 0.0975. The normalized spacial score (nSPS) is 11.4. The molecule has 0 unspecified atom stereocenters. The second kappa shape index (κ2) is 5.18. The fourth-order valence-corrected chi connectivity index (χ4v) is 2.99. The number of sulfone groups is 1. The molecule has 0 radical (unpaired) electrons. The molecule has 1 heterocycles. The molecule has 0 aliphatic heterocycles. The molecule has 0 bridgehead atoms. The largest absolute Gasteiger partial charge is 0.475 e. The monoisotopic (exact) mass is 344 g/mol. The molecule has 0 saturated carbocycles. The molecule has 0 saturated heterocycles. The first-order chi connectivity index (χ1) is 8.88. The smallest absolute Gasteiger partial charge is 0.371 e. The van der Waals surface area contributed by atoms with Crippen LogP contribution in [0.1, 0.15) is 16.3 Å². The van der Waals surface area contributed by atoms with E-state index in [9.17, 15) is 13.2 Å². The Bertz CT molecular complexity index is 700. The van der Waals surface area contributed by atoms with Gasteiger partial charge in [-0.3, -0.25) is 0 Å². The van der Waals surface area contributed by atoms with Crippen LogP contribution in [0, 0.1) is 0 Å². The first kappa shape index (κ1) is 13.8. The fourth-order valence-electron chi connectivity index (χ4n) is 1.48. The molecule has 0 amide bonds. The van der Waals surface area contributed by atoms with Gasteiger partial charge >= 0.3 is 5.97 Å². The van der Waals surface area contributed by atoms with Crippen LogP contribution in [0.15, 0.2) is 50.2 Å². The van der Waals surface area contributed by atoms with E-state index in [0.29, 0.717) is 0 Å². The summed E-state index contributed by atoms with van der Waals surface area (Å²) in [4.78, 5) is 10.8. The molecular formula is C12H9BrO5S. The zero-order valence-corrected chi connectivity index (χ0v) is 11.9.